The van der Waals surface area contributed by atoms with Crippen molar-refractivity contribution in [1.29, 1.82) is 0 Å². The van der Waals surface area contributed by atoms with Crippen molar-refractivity contribution in [1.82, 2.24) is 4.57 Å². The first-order valence-electron chi connectivity index (χ1n) is 8.01. The van der Waals surface area contributed by atoms with E-state index in [0.717, 1.165) is 12.2 Å². The summed E-state index contributed by atoms with van der Waals surface area (Å²) in [6, 6.07) is 15.2. The lowest BCUT2D eigenvalue weighted by atomic mass is 10.1. The van der Waals surface area contributed by atoms with Gasteiger partial charge < -0.3 is 9.30 Å². The van der Waals surface area contributed by atoms with Crippen LogP contribution in [0.15, 0.2) is 42.5 Å². The largest absolute Gasteiger partial charge is 0.380 e. The molecule has 0 fully saturated rings. The Morgan fingerprint density at radius 2 is 1.83 bits per heavy atom. The van der Waals surface area contributed by atoms with E-state index in [1.165, 1.54) is 28.9 Å². The molecule has 1 aromatic heterocycles. The predicted molar refractivity (Wildman–Crippen MR) is 92.4 cm³/mol. The van der Waals surface area contributed by atoms with Crippen molar-refractivity contribution in [2.45, 2.75) is 26.5 Å². The fourth-order valence-electron chi connectivity index (χ4n) is 3.10. The zero-order chi connectivity index (χ0) is 16.2. The van der Waals surface area contributed by atoms with Crippen molar-refractivity contribution in [3.05, 3.63) is 48.0 Å². The number of aromatic nitrogens is 1. The fourth-order valence-corrected chi connectivity index (χ4v) is 3.10. The summed E-state index contributed by atoms with van der Waals surface area (Å²) in [6.07, 6.45) is 0. The topological polar surface area (TPSA) is 32.6 Å². The highest BCUT2D eigenvalue weighted by Gasteiger charge is 2.15. The van der Waals surface area contributed by atoms with Crippen molar-refractivity contribution in [2.24, 2.45) is 0 Å². The molecule has 23 heavy (non-hydrogen) atoms. The van der Waals surface area contributed by atoms with Gasteiger partial charge in [-0.15, -0.1) is 0 Å². The van der Waals surface area contributed by atoms with Gasteiger partial charge in [-0.1, -0.05) is 30.3 Å². The number of rotatable bonds is 7. The Bertz CT molecular complexity index is 794. The SMILES string of the molecule is CCOC[C@@H](C)n1c2ccccc2c2ccc(COOC)cc21. The number of hydrogen-bond donors (Lipinski definition) is 0. The second kappa shape index (κ2) is 7.13. The molecule has 3 rings (SSSR count). The van der Waals surface area contributed by atoms with Crippen LogP contribution in [0, 0.1) is 0 Å². The van der Waals surface area contributed by atoms with E-state index in [2.05, 4.69) is 54.0 Å². The zero-order valence-corrected chi connectivity index (χ0v) is 13.9. The molecule has 4 nitrogen and oxygen atoms in total. The molecule has 0 saturated carbocycles. The van der Waals surface area contributed by atoms with Gasteiger partial charge in [0.05, 0.1) is 19.8 Å². The van der Waals surface area contributed by atoms with Gasteiger partial charge in [0.2, 0.25) is 0 Å². The van der Waals surface area contributed by atoms with E-state index in [0.29, 0.717) is 13.2 Å². The maximum Gasteiger partial charge on any atom is 0.107 e. The smallest absolute Gasteiger partial charge is 0.107 e. The molecule has 0 unspecified atom stereocenters. The Labute approximate surface area is 136 Å². The third kappa shape index (κ3) is 3.11. The van der Waals surface area contributed by atoms with Crippen LogP contribution in [0.4, 0.5) is 0 Å². The third-order valence-corrected chi connectivity index (χ3v) is 4.12. The van der Waals surface area contributed by atoms with E-state index in [1.807, 2.05) is 6.92 Å². The fraction of sp³-hybridized carbons (Fsp3) is 0.368. The van der Waals surface area contributed by atoms with Crippen LogP contribution in [0.25, 0.3) is 21.8 Å². The Hall–Kier alpha value is -1.88. The number of para-hydroxylation sites is 1. The molecular formula is C19H23NO3. The highest BCUT2D eigenvalue weighted by atomic mass is 17.2. The van der Waals surface area contributed by atoms with Crippen molar-refractivity contribution >= 4 is 21.8 Å². The van der Waals surface area contributed by atoms with Gasteiger partial charge in [-0.2, -0.15) is 0 Å². The lowest BCUT2D eigenvalue weighted by Gasteiger charge is -2.17. The van der Waals surface area contributed by atoms with Crippen LogP contribution in [0.3, 0.4) is 0 Å². The molecule has 0 aliphatic heterocycles. The molecule has 0 bridgehead atoms. The minimum atomic E-state index is 0.260. The molecule has 0 radical (unpaired) electrons. The molecule has 1 atom stereocenters. The molecular weight excluding hydrogens is 290 g/mol. The normalized spacial score (nSPS) is 13.0. The van der Waals surface area contributed by atoms with Gasteiger partial charge in [-0.3, -0.25) is 0 Å². The summed E-state index contributed by atoms with van der Waals surface area (Å²) in [5.74, 6) is 0. The van der Waals surface area contributed by atoms with E-state index in [4.69, 9.17) is 14.5 Å². The van der Waals surface area contributed by atoms with Gasteiger partial charge in [0.15, 0.2) is 0 Å². The molecule has 122 valence electrons. The van der Waals surface area contributed by atoms with Crippen LogP contribution in [-0.4, -0.2) is 24.9 Å². The molecule has 2 aromatic carbocycles. The van der Waals surface area contributed by atoms with Crippen LogP contribution < -0.4 is 0 Å². The van der Waals surface area contributed by atoms with Gasteiger partial charge in [-0.25, -0.2) is 9.78 Å². The molecule has 0 aliphatic carbocycles. The number of nitrogens with zero attached hydrogens (tertiary/aromatic N) is 1. The number of benzene rings is 2. The Balaban J connectivity index is 2.15. The molecule has 0 aliphatic rings. The van der Waals surface area contributed by atoms with Crippen molar-refractivity contribution in [3.8, 4) is 0 Å². The summed E-state index contributed by atoms with van der Waals surface area (Å²) in [4.78, 5) is 9.79. The molecule has 0 saturated heterocycles. The van der Waals surface area contributed by atoms with Crippen molar-refractivity contribution < 1.29 is 14.5 Å². The zero-order valence-electron chi connectivity index (χ0n) is 13.9. The van der Waals surface area contributed by atoms with Gasteiger partial charge in [0.25, 0.3) is 0 Å². The standard InChI is InChI=1S/C19H23NO3/c1-4-22-12-14(2)20-18-8-6-5-7-16(18)17-10-9-15(11-19(17)20)13-23-21-3/h5-11,14H,4,12-13H2,1-3H3/t14-/m1/s1. The summed E-state index contributed by atoms with van der Waals surface area (Å²) in [7, 11) is 1.53. The van der Waals surface area contributed by atoms with E-state index in [-0.39, 0.29) is 6.04 Å². The van der Waals surface area contributed by atoms with Gasteiger partial charge in [0.1, 0.15) is 6.61 Å². The summed E-state index contributed by atoms with van der Waals surface area (Å²) in [5.41, 5.74) is 3.53. The maximum atomic E-state index is 5.65. The van der Waals surface area contributed by atoms with E-state index < -0.39 is 0 Å². The van der Waals surface area contributed by atoms with Gasteiger partial charge in [-0.05, 0) is 31.5 Å². The maximum absolute atomic E-state index is 5.65. The quantitative estimate of drug-likeness (QED) is 0.476. The molecule has 3 aromatic rings. The van der Waals surface area contributed by atoms with E-state index in [1.54, 1.807) is 0 Å². The molecule has 0 amide bonds. The van der Waals surface area contributed by atoms with Gasteiger partial charge in [0, 0.05) is 28.4 Å². The van der Waals surface area contributed by atoms with Crippen LogP contribution in [0.1, 0.15) is 25.5 Å². The number of fused-ring (bicyclic) bond motifs is 3. The lowest BCUT2D eigenvalue weighted by molar-refractivity contribution is -0.282. The van der Waals surface area contributed by atoms with E-state index >= 15 is 0 Å². The predicted octanol–water partition coefficient (Wildman–Crippen LogP) is 4.47. The highest BCUT2D eigenvalue weighted by Crippen LogP contribution is 2.32. The van der Waals surface area contributed by atoms with E-state index in [9.17, 15) is 0 Å². The number of ether oxygens (including phenoxy) is 1. The average Bonchev–Trinajstić information content (AvgIpc) is 2.91. The first kappa shape index (κ1) is 16.0. The van der Waals surface area contributed by atoms with Crippen molar-refractivity contribution in [2.75, 3.05) is 20.3 Å². The second-order valence-corrected chi connectivity index (χ2v) is 5.68. The minimum Gasteiger partial charge on any atom is -0.380 e. The average molecular weight is 313 g/mol. The summed E-state index contributed by atoms with van der Waals surface area (Å²) < 4.78 is 8.00. The summed E-state index contributed by atoms with van der Waals surface area (Å²) >= 11 is 0. The third-order valence-electron chi connectivity index (χ3n) is 4.12. The summed E-state index contributed by atoms with van der Waals surface area (Å²) in [5, 5.41) is 2.52. The van der Waals surface area contributed by atoms with Crippen molar-refractivity contribution in [3.63, 3.8) is 0 Å². The van der Waals surface area contributed by atoms with Crippen LogP contribution in [0.2, 0.25) is 0 Å². The van der Waals surface area contributed by atoms with Crippen LogP contribution in [-0.2, 0) is 21.1 Å². The Morgan fingerprint density at radius 3 is 2.61 bits per heavy atom. The lowest BCUT2D eigenvalue weighted by Crippen LogP contribution is -2.12. The molecule has 0 N–H and O–H groups in total. The number of hydrogen-bond acceptors (Lipinski definition) is 3. The first-order chi connectivity index (χ1) is 11.3. The van der Waals surface area contributed by atoms with Crippen LogP contribution >= 0.6 is 0 Å². The summed E-state index contributed by atoms with van der Waals surface area (Å²) in [6.45, 7) is 6.09. The monoisotopic (exact) mass is 313 g/mol. The first-order valence-corrected chi connectivity index (χ1v) is 8.01. The van der Waals surface area contributed by atoms with Crippen LogP contribution in [0.5, 0.6) is 0 Å². The molecule has 0 spiro atoms. The Morgan fingerprint density at radius 1 is 1.04 bits per heavy atom. The Kier molecular flexibility index (Phi) is 4.96. The minimum absolute atomic E-state index is 0.260. The highest BCUT2D eigenvalue weighted by molar-refractivity contribution is 6.08. The second-order valence-electron chi connectivity index (χ2n) is 5.68. The van der Waals surface area contributed by atoms with Gasteiger partial charge >= 0.3 is 0 Å². The molecule has 4 heteroatoms. The molecule has 1 heterocycles.